The smallest absolute Gasteiger partial charge is 0.0696 e. The van der Waals surface area contributed by atoms with Gasteiger partial charge in [0.05, 0.1) is 0 Å². The fourth-order valence-corrected chi connectivity index (χ4v) is 30.7. The van der Waals surface area contributed by atoms with Gasteiger partial charge in [0.25, 0.3) is 0 Å². The van der Waals surface area contributed by atoms with Crippen LogP contribution in [0.3, 0.4) is 0 Å². The number of rotatable bonds is 2. The van der Waals surface area contributed by atoms with Gasteiger partial charge in [0.15, 0.2) is 0 Å². The van der Waals surface area contributed by atoms with Gasteiger partial charge in [-0.05, 0) is 0 Å². The minimum Gasteiger partial charge on any atom is -0.760 e. The third-order valence-electron chi connectivity index (χ3n) is 0.203. The predicted octanol–water partition coefficient (Wildman–Crippen LogP) is 3.41. The van der Waals surface area contributed by atoms with Crippen LogP contribution in [0.25, 0.3) is 0 Å². The highest BCUT2D eigenvalue weighted by Crippen LogP contribution is 2.77. The van der Waals surface area contributed by atoms with E-state index in [1.165, 1.54) is 11.0 Å². The van der Waals surface area contributed by atoms with Crippen molar-refractivity contribution in [3.05, 3.63) is 0 Å². The van der Waals surface area contributed by atoms with E-state index in [1.54, 1.807) is 0 Å². The van der Waals surface area contributed by atoms with Crippen LogP contribution in [0.2, 0.25) is 0 Å². The van der Waals surface area contributed by atoms with Crippen molar-refractivity contribution >= 4 is 239 Å². The molecule has 27 heteroatoms. The molecule has 0 aliphatic rings. The van der Waals surface area contributed by atoms with Crippen LogP contribution in [-0.4, -0.2) is 20.7 Å². The monoisotopic (exact) mass is 805 g/mol. The summed E-state index contributed by atoms with van der Waals surface area (Å²) in [7, 11) is 0. The summed E-state index contributed by atoms with van der Waals surface area (Å²) < 4.78 is -11.2. The minimum atomic E-state index is -2.64. The van der Waals surface area contributed by atoms with Gasteiger partial charge in [0.1, 0.15) is 0 Å². The molecule has 0 aromatic carbocycles. The Labute approximate surface area is 254 Å². The van der Waals surface area contributed by atoms with Crippen molar-refractivity contribution in [3.63, 3.8) is 0 Å². The zero-order valence-electron chi connectivity index (χ0n) is 11.7. The van der Waals surface area contributed by atoms with Gasteiger partial charge in [-0.3, -0.25) is 0 Å². The van der Waals surface area contributed by atoms with Crippen LogP contribution in [0.1, 0.15) is 0 Å². The van der Waals surface area contributed by atoms with Gasteiger partial charge in [-0.2, -0.15) is 70.6 Å². The van der Waals surface area contributed by atoms with Crippen LogP contribution in [0.15, 0.2) is 0 Å². The van der Waals surface area contributed by atoms with E-state index in [0.717, 1.165) is 0 Å². The highest BCUT2D eigenvalue weighted by atomic mass is 33.7. The average molecular weight is 807 g/mol. The first-order chi connectivity index (χ1) is 9.71. The second kappa shape index (κ2) is 24.0. The Morgan fingerprint density at radius 2 is 0.741 bits per heavy atom. The van der Waals surface area contributed by atoms with Crippen LogP contribution >= 0.6 is 81.5 Å². The second-order valence-corrected chi connectivity index (χ2v) is 56.7. The molecular formula is H11O4P5S18-8. The maximum atomic E-state index is 8.08. The Morgan fingerprint density at radius 3 is 0.741 bits per heavy atom. The molecule has 4 nitrogen and oxygen atoms in total. The van der Waals surface area contributed by atoms with Crippen molar-refractivity contribution in [2.45, 2.75) is 0 Å². The third kappa shape index (κ3) is 181. The number of hydrogen-bond acceptors (Lipinski definition) is 14. The summed E-state index contributed by atoms with van der Waals surface area (Å²) in [6.45, 7) is 0. The molecule has 0 fully saturated rings. The zero-order chi connectivity index (χ0) is 21.2. The van der Waals surface area contributed by atoms with Crippen LogP contribution in [0, 0.1) is 0 Å². The van der Waals surface area contributed by atoms with E-state index in [-0.39, 0.29) is 24.4 Å². The van der Waals surface area contributed by atoms with Crippen LogP contribution < -0.4 is 0 Å². The summed E-state index contributed by atoms with van der Waals surface area (Å²) >= 11 is 70.3. The SMILES string of the molecule is O.O.OP(=S)([S-])[S-].OP(=S)([S-])[S-].S.S=P([S-])(S)S.S=P([S-])([S-])SP(=S)([S-])S. The summed E-state index contributed by atoms with van der Waals surface area (Å²) in [6.07, 6.45) is 0. The lowest BCUT2D eigenvalue weighted by Gasteiger charge is -2.41. The highest BCUT2D eigenvalue weighted by Gasteiger charge is 1.90. The van der Waals surface area contributed by atoms with Crippen LogP contribution in [0.5, 0.6) is 0 Å². The first kappa shape index (κ1) is 51.3. The molecule has 0 bridgehead atoms. The van der Waals surface area contributed by atoms with Crippen LogP contribution in [-0.2, 0) is 157 Å². The topological polar surface area (TPSA) is 103 Å². The molecule has 0 amide bonds. The molecule has 0 heterocycles. The van der Waals surface area contributed by atoms with Gasteiger partial charge in [-0.15, -0.1) is 59.0 Å². The summed E-state index contributed by atoms with van der Waals surface area (Å²) in [5.74, 6) is 0. The molecule has 0 aliphatic carbocycles. The molecule has 0 aromatic heterocycles. The van der Waals surface area contributed by atoms with Crippen molar-refractivity contribution in [2.24, 2.45) is 0 Å². The van der Waals surface area contributed by atoms with Gasteiger partial charge in [0, 0.05) is 0 Å². The van der Waals surface area contributed by atoms with Crippen molar-refractivity contribution in [2.75, 3.05) is 0 Å². The highest BCUT2D eigenvalue weighted by molar-refractivity contribution is 9.35. The number of hydrogen-bond donors (Lipinski definition) is 5. The fraction of sp³-hybridized carbons (Fsp3) is 0. The molecule has 0 radical (unpaired) electrons. The molecular weight excluding hydrogens is 796 g/mol. The van der Waals surface area contributed by atoms with E-state index in [2.05, 4.69) is 133 Å². The second-order valence-electron chi connectivity index (χ2n) is 2.43. The molecule has 27 heavy (non-hydrogen) atoms. The molecule has 1 unspecified atom stereocenters. The van der Waals surface area contributed by atoms with Crippen molar-refractivity contribution in [3.8, 4) is 0 Å². The zero-order valence-corrected chi connectivity index (χ0v) is 31.3. The summed E-state index contributed by atoms with van der Waals surface area (Å²) in [5.41, 5.74) is 0. The lowest BCUT2D eigenvalue weighted by Crippen LogP contribution is -1.56. The molecule has 0 spiro atoms. The fourth-order valence-electron chi connectivity index (χ4n) is 0.126. The summed E-state index contributed by atoms with van der Waals surface area (Å²) in [6, 6.07) is 0. The molecule has 0 rings (SSSR count). The normalized spacial score (nSPS) is 12.9. The molecule has 0 aromatic rings. The third-order valence-corrected chi connectivity index (χ3v) is 16.5. The maximum absolute atomic E-state index is 8.08. The Hall–Kier alpha value is 7.64. The van der Waals surface area contributed by atoms with E-state index in [9.17, 15) is 0 Å². The van der Waals surface area contributed by atoms with Gasteiger partial charge in [-0.25, -0.2) is 3.64 Å². The summed E-state index contributed by atoms with van der Waals surface area (Å²) in [5, 5.41) is 0. The van der Waals surface area contributed by atoms with E-state index in [4.69, 9.17) is 70.1 Å². The van der Waals surface area contributed by atoms with Gasteiger partial charge >= 0.3 is 0 Å². The average Bonchev–Trinajstić information content (AvgIpc) is 1.80. The lowest BCUT2D eigenvalue weighted by atomic mass is 15.9. The molecule has 0 aliphatic heterocycles. The van der Waals surface area contributed by atoms with Crippen molar-refractivity contribution in [1.29, 1.82) is 0 Å². The Bertz CT molecular complexity index is 460. The van der Waals surface area contributed by atoms with Gasteiger partial charge in [-0.1, -0.05) is 7.29 Å². The quantitative estimate of drug-likeness (QED) is 0.160. The van der Waals surface area contributed by atoms with Crippen LogP contribution in [0.4, 0.5) is 0 Å². The van der Waals surface area contributed by atoms with Gasteiger partial charge in [0.2, 0.25) is 0 Å². The Balaban J connectivity index is -0.0000000396. The molecule has 176 valence electrons. The molecule has 0 saturated carbocycles. The Kier molecular flexibility index (Phi) is 45.6. The van der Waals surface area contributed by atoms with Crippen molar-refractivity contribution in [1.82, 2.24) is 0 Å². The first-order valence-corrected chi connectivity index (χ1v) is 31.2. The van der Waals surface area contributed by atoms with E-state index < -0.39 is 20.3 Å². The Morgan fingerprint density at radius 1 is 0.630 bits per heavy atom. The largest absolute Gasteiger partial charge is 0.760 e. The summed E-state index contributed by atoms with van der Waals surface area (Å²) in [4.78, 5) is 16.2. The number of thiol groups is 3. The standard InChI is InChI=1S/2H3OPS3.2H2O.H4P2S7.H3PS4.H2S/c2*1-2(3,4)5;;;3-1(4,5)9-2(6,7)8;2-1(3,4)5;/h2*(H3,1,3,4,5);2*1H2;(H2,3,4,5)(H2,6,7,8);(H3,2,3,4,5);1H2/p-8. The van der Waals surface area contributed by atoms with E-state index in [0.29, 0.717) is 0 Å². The lowest BCUT2D eigenvalue weighted by molar-refractivity contribution is 0.653. The van der Waals surface area contributed by atoms with Crippen molar-refractivity contribution < 1.29 is 20.7 Å². The first-order valence-electron chi connectivity index (χ1n) is 3.74. The molecule has 6 N–H and O–H groups in total. The maximum Gasteiger partial charge on any atom is -0.0696 e. The van der Waals surface area contributed by atoms with Gasteiger partial charge < -0.3 is 119 Å². The molecule has 1 atom stereocenters. The molecule has 0 saturated heterocycles. The van der Waals surface area contributed by atoms with E-state index in [1.807, 2.05) is 0 Å². The van der Waals surface area contributed by atoms with E-state index >= 15 is 0 Å². The minimum absolute atomic E-state index is 0. The predicted molar refractivity (Wildman–Crippen MR) is 187 cm³/mol.